The van der Waals surface area contributed by atoms with Crippen LogP contribution in [0.4, 0.5) is 5.69 Å². The van der Waals surface area contributed by atoms with Crippen molar-refractivity contribution in [3.63, 3.8) is 0 Å². The van der Waals surface area contributed by atoms with E-state index in [4.69, 9.17) is 5.11 Å². The molecule has 0 bridgehead atoms. The molecule has 1 unspecified atom stereocenters. The number of carboxylic acids is 1. The van der Waals surface area contributed by atoms with E-state index >= 15 is 0 Å². The van der Waals surface area contributed by atoms with Gasteiger partial charge in [-0.05, 0) is 24.1 Å². The van der Waals surface area contributed by atoms with Crippen LogP contribution in [0.5, 0.6) is 0 Å². The minimum Gasteiger partial charge on any atom is -0.481 e. The number of aliphatic carboxylic acids is 1. The van der Waals surface area contributed by atoms with Crippen molar-refractivity contribution in [1.82, 2.24) is 0 Å². The summed E-state index contributed by atoms with van der Waals surface area (Å²) in [7, 11) is 0. The van der Waals surface area contributed by atoms with Gasteiger partial charge in [0.2, 0.25) is 0 Å². The highest BCUT2D eigenvalue weighted by atomic mass is 16.6. The predicted molar refractivity (Wildman–Crippen MR) is 74.6 cm³/mol. The monoisotopic (exact) mass is 271 g/mol. The number of nitro groups is 1. The van der Waals surface area contributed by atoms with Crippen molar-refractivity contribution in [2.45, 2.75) is 12.8 Å². The highest BCUT2D eigenvalue weighted by Gasteiger charge is 2.16. The molecule has 0 aromatic heterocycles. The van der Waals surface area contributed by atoms with Gasteiger partial charge in [-0.15, -0.1) is 0 Å². The lowest BCUT2D eigenvalue weighted by molar-refractivity contribution is -0.384. The third kappa shape index (κ3) is 2.66. The molecule has 0 heterocycles. The molecule has 0 spiro atoms. The van der Waals surface area contributed by atoms with Crippen LogP contribution in [0.1, 0.15) is 18.4 Å². The Hall–Kier alpha value is -2.69. The quantitative estimate of drug-likeness (QED) is 0.682. The van der Waals surface area contributed by atoms with Gasteiger partial charge < -0.3 is 5.11 Å². The van der Waals surface area contributed by atoms with Gasteiger partial charge in [-0.3, -0.25) is 14.9 Å². The lowest BCUT2D eigenvalue weighted by Crippen LogP contribution is -2.06. The van der Waals surface area contributed by atoms with Crippen LogP contribution in [0, 0.1) is 10.1 Å². The molecule has 2 rings (SSSR count). The summed E-state index contributed by atoms with van der Waals surface area (Å²) in [5.41, 5.74) is 1.91. The minimum absolute atomic E-state index is 0.0338. The van der Waals surface area contributed by atoms with Crippen LogP contribution in [0.2, 0.25) is 0 Å². The van der Waals surface area contributed by atoms with E-state index in [-0.39, 0.29) is 5.69 Å². The zero-order valence-corrected chi connectivity index (χ0v) is 10.8. The molecule has 0 radical (unpaired) electrons. The van der Waals surface area contributed by atoms with Crippen molar-refractivity contribution in [3.8, 4) is 11.1 Å². The number of hydrogen-bond donors (Lipinski definition) is 1. The van der Waals surface area contributed by atoms with E-state index in [0.717, 1.165) is 0 Å². The molecular weight excluding hydrogens is 258 g/mol. The Morgan fingerprint density at radius 2 is 1.75 bits per heavy atom. The molecule has 5 nitrogen and oxygen atoms in total. The maximum Gasteiger partial charge on any atom is 0.310 e. The van der Waals surface area contributed by atoms with E-state index in [0.29, 0.717) is 16.7 Å². The van der Waals surface area contributed by atoms with Crippen LogP contribution < -0.4 is 0 Å². The number of rotatable bonds is 4. The predicted octanol–water partition coefficient (Wildman–Crippen LogP) is 3.45. The number of nitrogens with zero attached hydrogens (tertiary/aromatic N) is 1. The standard InChI is InChI=1S/C15H13NO4/c1-10(15(17)18)11-6-8-12(9-7-11)13-4-2-3-5-14(13)16(19)20/h2-10H,1H3,(H,17,18). The maximum absolute atomic E-state index is 11.0. The van der Waals surface area contributed by atoms with Gasteiger partial charge in [-0.1, -0.05) is 36.4 Å². The number of hydrogen-bond acceptors (Lipinski definition) is 3. The molecule has 1 N–H and O–H groups in total. The summed E-state index contributed by atoms with van der Waals surface area (Å²) in [5, 5.41) is 19.9. The summed E-state index contributed by atoms with van der Waals surface area (Å²) < 4.78 is 0. The normalized spacial score (nSPS) is 11.8. The van der Waals surface area contributed by atoms with Crippen LogP contribution in [0.3, 0.4) is 0 Å². The fourth-order valence-corrected chi connectivity index (χ4v) is 1.97. The van der Waals surface area contributed by atoms with Crippen molar-refractivity contribution in [1.29, 1.82) is 0 Å². The first-order valence-corrected chi connectivity index (χ1v) is 6.07. The molecular formula is C15H13NO4. The van der Waals surface area contributed by atoms with Gasteiger partial charge >= 0.3 is 5.97 Å². The van der Waals surface area contributed by atoms with Crippen LogP contribution in [0.15, 0.2) is 48.5 Å². The number of carboxylic acid groups (broad SMARTS) is 1. The molecule has 1 atom stereocenters. The van der Waals surface area contributed by atoms with Crippen molar-refractivity contribution in [3.05, 3.63) is 64.2 Å². The Kier molecular flexibility index (Phi) is 3.79. The molecule has 0 aliphatic rings. The molecule has 0 saturated carbocycles. The van der Waals surface area contributed by atoms with E-state index in [9.17, 15) is 14.9 Å². The van der Waals surface area contributed by atoms with Crippen molar-refractivity contribution >= 4 is 11.7 Å². The third-order valence-electron chi connectivity index (χ3n) is 3.19. The SMILES string of the molecule is CC(C(=O)O)c1ccc(-c2ccccc2[N+](=O)[O-])cc1. The smallest absolute Gasteiger partial charge is 0.310 e. The highest BCUT2D eigenvalue weighted by molar-refractivity contribution is 5.77. The first-order valence-electron chi connectivity index (χ1n) is 6.07. The Balaban J connectivity index is 2.41. The van der Waals surface area contributed by atoms with Crippen molar-refractivity contribution < 1.29 is 14.8 Å². The Labute approximate surface area is 115 Å². The molecule has 2 aromatic carbocycles. The summed E-state index contributed by atoms with van der Waals surface area (Å²) in [4.78, 5) is 21.5. The largest absolute Gasteiger partial charge is 0.481 e. The third-order valence-corrected chi connectivity index (χ3v) is 3.19. The van der Waals surface area contributed by atoms with Crippen molar-refractivity contribution in [2.75, 3.05) is 0 Å². The molecule has 2 aromatic rings. The topological polar surface area (TPSA) is 80.4 Å². The summed E-state index contributed by atoms with van der Waals surface area (Å²) in [5.74, 6) is -1.50. The number of nitro benzene ring substituents is 1. The molecule has 20 heavy (non-hydrogen) atoms. The number of benzene rings is 2. The zero-order valence-electron chi connectivity index (χ0n) is 10.8. The van der Waals surface area contributed by atoms with E-state index < -0.39 is 16.8 Å². The second-order valence-corrected chi connectivity index (χ2v) is 4.46. The maximum atomic E-state index is 11.0. The van der Waals surface area contributed by atoms with E-state index in [2.05, 4.69) is 0 Å². The Bertz CT molecular complexity index is 649. The van der Waals surface area contributed by atoms with Gasteiger partial charge in [0.1, 0.15) is 0 Å². The highest BCUT2D eigenvalue weighted by Crippen LogP contribution is 2.30. The molecule has 5 heteroatoms. The summed E-state index contributed by atoms with van der Waals surface area (Å²) in [6.07, 6.45) is 0. The average molecular weight is 271 g/mol. The second-order valence-electron chi connectivity index (χ2n) is 4.46. The lowest BCUT2D eigenvalue weighted by atomic mass is 9.97. The fourth-order valence-electron chi connectivity index (χ4n) is 1.97. The lowest BCUT2D eigenvalue weighted by Gasteiger charge is -2.08. The van der Waals surface area contributed by atoms with Gasteiger partial charge in [0.05, 0.1) is 16.4 Å². The molecule has 0 aliphatic heterocycles. The molecule has 0 fully saturated rings. The van der Waals surface area contributed by atoms with Gasteiger partial charge in [0.25, 0.3) is 5.69 Å². The van der Waals surface area contributed by atoms with Gasteiger partial charge in [-0.25, -0.2) is 0 Å². The number of para-hydroxylation sites is 1. The molecule has 102 valence electrons. The summed E-state index contributed by atoms with van der Waals surface area (Å²) in [6.45, 7) is 1.60. The summed E-state index contributed by atoms with van der Waals surface area (Å²) >= 11 is 0. The average Bonchev–Trinajstić information content (AvgIpc) is 2.46. The van der Waals surface area contributed by atoms with Crippen LogP contribution >= 0.6 is 0 Å². The minimum atomic E-state index is -0.900. The van der Waals surface area contributed by atoms with E-state index in [1.807, 2.05) is 0 Å². The van der Waals surface area contributed by atoms with E-state index in [1.165, 1.54) is 6.07 Å². The van der Waals surface area contributed by atoms with Gasteiger partial charge in [0.15, 0.2) is 0 Å². The fraction of sp³-hybridized carbons (Fsp3) is 0.133. The van der Waals surface area contributed by atoms with Crippen molar-refractivity contribution in [2.24, 2.45) is 0 Å². The molecule has 0 amide bonds. The first-order chi connectivity index (χ1) is 9.50. The number of carbonyl (C=O) groups is 1. The zero-order chi connectivity index (χ0) is 14.7. The Morgan fingerprint density at radius 3 is 2.30 bits per heavy atom. The molecule has 0 saturated heterocycles. The summed E-state index contributed by atoms with van der Waals surface area (Å²) in [6, 6.07) is 13.2. The van der Waals surface area contributed by atoms with Crippen LogP contribution in [-0.2, 0) is 4.79 Å². The Morgan fingerprint density at radius 1 is 1.15 bits per heavy atom. The molecule has 0 aliphatic carbocycles. The second kappa shape index (κ2) is 5.52. The van der Waals surface area contributed by atoms with Crippen LogP contribution in [0.25, 0.3) is 11.1 Å². The first kappa shape index (κ1) is 13.7. The van der Waals surface area contributed by atoms with E-state index in [1.54, 1.807) is 49.4 Å². The van der Waals surface area contributed by atoms with Crippen LogP contribution in [-0.4, -0.2) is 16.0 Å². The van der Waals surface area contributed by atoms with Gasteiger partial charge in [0, 0.05) is 6.07 Å². The van der Waals surface area contributed by atoms with Gasteiger partial charge in [-0.2, -0.15) is 0 Å².